The number of halogens is 1. The number of fused-ring (bicyclic) bond motifs is 1. The van der Waals surface area contributed by atoms with Gasteiger partial charge in [-0.05, 0) is 31.2 Å². The molecule has 0 radical (unpaired) electrons. The summed E-state index contributed by atoms with van der Waals surface area (Å²) in [7, 11) is 0. The van der Waals surface area contributed by atoms with Crippen molar-refractivity contribution in [1.82, 2.24) is 15.0 Å². The van der Waals surface area contributed by atoms with Crippen molar-refractivity contribution < 1.29 is 8.81 Å². The number of aromatic nitrogens is 3. The number of hydrogen-bond acceptors (Lipinski definition) is 5. The third-order valence-electron chi connectivity index (χ3n) is 4.14. The van der Waals surface area contributed by atoms with Gasteiger partial charge in [0.05, 0.1) is 5.69 Å². The number of para-hydroxylation sites is 1. The molecule has 26 heavy (non-hydrogen) atoms. The van der Waals surface area contributed by atoms with Crippen LogP contribution in [0.5, 0.6) is 0 Å². The number of hydrogen-bond donors (Lipinski definition) is 1. The van der Waals surface area contributed by atoms with Gasteiger partial charge in [-0.15, -0.1) is 0 Å². The van der Waals surface area contributed by atoms with Crippen molar-refractivity contribution in [3.63, 3.8) is 0 Å². The van der Waals surface area contributed by atoms with E-state index in [9.17, 15) is 4.39 Å². The van der Waals surface area contributed by atoms with Crippen molar-refractivity contribution in [2.24, 2.45) is 0 Å². The van der Waals surface area contributed by atoms with Crippen LogP contribution >= 0.6 is 0 Å². The Balaban J connectivity index is 1.44. The first-order valence-corrected chi connectivity index (χ1v) is 8.35. The molecule has 0 amide bonds. The minimum Gasteiger partial charge on any atom is -0.444 e. The molecule has 2 aromatic carbocycles. The molecular weight excluding hydrogens is 331 g/mol. The van der Waals surface area contributed by atoms with Crippen LogP contribution in [0.25, 0.3) is 22.4 Å². The molecule has 5 nitrogen and oxygen atoms in total. The maximum atomic E-state index is 13.8. The fourth-order valence-electron chi connectivity index (χ4n) is 2.75. The molecule has 0 bridgehead atoms. The number of rotatable bonds is 5. The van der Waals surface area contributed by atoms with Crippen molar-refractivity contribution >= 4 is 16.7 Å². The number of benzene rings is 2. The van der Waals surface area contributed by atoms with Gasteiger partial charge in [0.15, 0.2) is 0 Å². The maximum Gasteiger partial charge on any atom is 0.226 e. The molecule has 2 aromatic heterocycles. The Bertz CT molecular complexity index is 1040. The van der Waals surface area contributed by atoms with Gasteiger partial charge in [0.25, 0.3) is 0 Å². The van der Waals surface area contributed by atoms with Crippen LogP contribution < -0.4 is 5.32 Å². The minimum atomic E-state index is -0.354. The average molecular weight is 348 g/mol. The quantitative estimate of drug-likeness (QED) is 0.580. The molecular formula is C20H17FN4O. The number of oxazole rings is 1. The van der Waals surface area contributed by atoms with Crippen molar-refractivity contribution in [1.29, 1.82) is 0 Å². The zero-order valence-electron chi connectivity index (χ0n) is 14.2. The van der Waals surface area contributed by atoms with E-state index in [1.54, 1.807) is 18.4 Å². The number of aryl methyl sites for hydroxylation is 1. The Labute approximate surface area is 149 Å². The van der Waals surface area contributed by atoms with E-state index in [2.05, 4.69) is 20.3 Å². The molecule has 1 N–H and O–H groups in total. The normalized spacial score (nSPS) is 11.0. The van der Waals surface area contributed by atoms with E-state index >= 15 is 0 Å². The van der Waals surface area contributed by atoms with Crippen molar-refractivity contribution in [3.8, 4) is 11.5 Å². The molecule has 4 rings (SSSR count). The molecule has 4 aromatic rings. The Morgan fingerprint density at radius 1 is 1.08 bits per heavy atom. The van der Waals surface area contributed by atoms with Crippen LogP contribution in [0, 0.1) is 12.7 Å². The molecule has 0 aliphatic heterocycles. The predicted molar refractivity (Wildman–Crippen MR) is 98.4 cm³/mol. The van der Waals surface area contributed by atoms with Crippen LogP contribution in [0.3, 0.4) is 0 Å². The summed E-state index contributed by atoms with van der Waals surface area (Å²) in [5.74, 6) is 0.860. The van der Waals surface area contributed by atoms with Gasteiger partial charge >= 0.3 is 0 Å². The Kier molecular flexibility index (Phi) is 4.31. The molecule has 0 saturated carbocycles. The second-order valence-electron chi connectivity index (χ2n) is 6.05. The number of nitrogens with one attached hydrogen (secondary N) is 1. The number of nitrogens with zero attached hydrogens (tertiary/aromatic N) is 3. The second kappa shape index (κ2) is 6.92. The largest absolute Gasteiger partial charge is 0.444 e. The van der Waals surface area contributed by atoms with E-state index in [0.717, 1.165) is 11.3 Å². The Morgan fingerprint density at radius 2 is 1.92 bits per heavy atom. The topological polar surface area (TPSA) is 63.8 Å². The second-order valence-corrected chi connectivity index (χ2v) is 6.05. The summed E-state index contributed by atoms with van der Waals surface area (Å²) in [5, 5.41) is 3.88. The van der Waals surface area contributed by atoms with Crippen LogP contribution in [0.4, 0.5) is 10.2 Å². The smallest absolute Gasteiger partial charge is 0.226 e. The molecule has 0 fully saturated rings. The monoisotopic (exact) mass is 348 g/mol. The minimum absolute atomic E-state index is 0.313. The summed E-state index contributed by atoms with van der Waals surface area (Å²) in [4.78, 5) is 12.7. The van der Waals surface area contributed by atoms with E-state index in [1.807, 2.05) is 31.2 Å². The van der Waals surface area contributed by atoms with Gasteiger partial charge in [0, 0.05) is 23.9 Å². The van der Waals surface area contributed by atoms with Gasteiger partial charge < -0.3 is 9.73 Å². The van der Waals surface area contributed by atoms with E-state index in [0.29, 0.717) is 35.6 Å². The summed E-state index contributed by atoms with van der Waals surface area (Å²) < 4.78 is 19.4. The average Bonchev–Trinajstić information content (AvgIpc) is 3.12. The zero-order chi connectivity index (χ0) is 17.9. The summed E-state index contributed by atoms with van der Waals surface area (Å²) in [6, 6.07) is 12.9. The lowest BCUT2D eigenvalue weighted by molar-refractivity contribution is 0.572. The van der Waals surface area contributed by atoms with Crippen molar-refractivity contribution in [2.45, 2.75) is 13.3 Å². The predicted octanol–water partition coefficient (Wildman–Crippen LogP) is 4.39. The molecule has 0 aliphatic rings. The van der Waals surface area contributed by atoms with Gasteiger partial charge in [-0.25, -0.2) is 19.3 Å². The third-order valence-corrected chi connectivity index (χ3v) is 4.14. The van der Waals surface area contributed by atoms with Gasteiger partial charge in [-0.3, -0.25) is 0 Å². The van der Waals surface area contributed by atoms with Gasteiger partial charge in [-0.2, -0.15) is 0 Å². The summed E-state index contributed by atoms with van der Waals surface area (Å²) >= 11 is 0. The first-order chi connectivity index (χ1) is 12.7. The van der Waals surface area contributed by atoms with Crippen LogP contribution in [0.15, 0.2) is 59.5 Å². The van der Waals surface area contributed by atoms with E-state index in [-0.39, 0.29) is 5.82 Å². The first-order valence-electron chi connectivity index (χ1n) is 8.35. The molecule has 0 atom stereocenters. The van der Waals surface area contributed by atoms with Crippen LogP contribution in [-0.4, -0.2) is 21.5 Å². The molecule has 2 heterocycles. The Hall–Kier alpha value is -3.28. The van der Waals surface area contributed by atoms with E-state index < -0.39 is 0 Å². The zero-order valence-corrected chi connectivity index (χ0v) is 14.2. The highest BCUT2D eigenvalue weighted by atomic mass is 19.1. The van der Waals surface area contributed by atoms with Gasteiger partial charge in [-0.1, -0.05) is 23.8 Å². The summed E-state index contributed by atoms with van der Waals surface area (Å²) in [6.07, 6.45) is 3.68. The highest BCUT2D eigenvalue weighted by Gasteiger charge is 2.09. The van der Waals surface area contributed by atoms with Gasteiger partial charge in [0.2, 0.25) is 5.89 Å². The van der Waals surface area contributed by atoms with Gasteiger partial charge in [0.1, 0.15) is 29.7 Å². The third kappa shape index (κ3) is 3.26. The molecule has 0 saturated heterocycles. The summed E-state index contributed by atoms with van der Waals surface area (Å²) in [5.41, 5.74) is 3.30. The van der Waals surface area contributed by atoms with Crippen LogP contribution in [0.1, 0.15) is 11.3 Å². The fraction of sp³-hybridized carbons (Fsp3) is 0.150. The van der Waals surface area contributed by atoms with E-state index in [4.69, 9.17) is 4.42 Å². The van der Waals surface area contributed by atoms with Crippen LogP contribution in [0.2, 0.25) is 0 Å². The van der Waals surface area contributed by atoms with Crippen molar-refractivity contribution in [3.05, 3.63) is 72.1 Å². The molecule has 130 valence electrons. The SMILES string of the molecule is Cc1ccc(-c2nc(CCNc3ncnc4c(F)cccc34)co2)cc1. The maximum absolute atomic E-state index is 13.8. The van der Waals surface area contributed by atoms with Crippen molar-refractivity contribution in [2.75, 3.05) is 11.9 Å². The van der Waals surface area contributed by atoms with Crippen LogP contribution in [-0.2, 0) is 6.42 Å². The standard InChI is InChI=1S/C20H17FN4O/c1-13-5-7-14(8-6-13)20-25-15(11-26-20)9-10-22-19-16-3-2-4-17(21)18(16)23-12-24-19/h2-8,11-12H,9-10H2,1H3,(H,22,23,24). The molecule has 6 heteroatoms. The lowest BCUT2D eigenvalue weighted by Crippen LogP contribution is -2.07. The summed E-state index contributed by atoms with van der Waals surface area (Å²) in [6.45, 7) is 2.64. The lowest BCUT2D eigenvalue weighted by atomic mass is 10.1. The lowest BCUT2D eigenvalue weighted by Gasteiger charge is -2.07. The Morgan fingerprint density at radius 3 is 2.77 bits per heavy atom. The first kappa shape index (κ1) is 16.2. The highest BCUT2D eigenvalue weighted by Crippen LogP contribution is 2.22. The number of anilines is 1. The molecule has 0 aliphatic carbocycles. The van der Waals surface area contributed by atoms with E-state index in [1.165, 1.54) is 18.0 Å². The molecule has 0 spiro atoms. The highest BCUT2D eigenvalue weighted by molar-refractivity contribution is 5.89. The molecule has 0 unspecified atom stereocenters. The fourth-order valence-corrected chi connectivity index (χ4v) is 2.75.